The second-order valence-electron chi connectivity index (χ2n) is 10.3. The van der Waals surface area contributed by atoms with Crippen molar-refractivity contribution in [3.05, 3.63) is 131 Å². The highest BCUT2D eigenvalue weighted by molar-refractivity contribution is 6.22. The average molecular weight is 579 g/mol. The molecule has 0 N–H and O–H groups in total. The number of hydrogen-bond acceptors (Lipinski definition) is 8. The quantitative estimate of drug-likeness (QED) is 0.150. The first-order valence-electron chi connectivity index (χ1n) is 13.7. The number of carbonyl (C=O) groups is 4. The molecule has 0 radical (unpaired) electrons. The monoisotopic (exact) mass is 578 g/mol. The fraction of sp³-hybridized carbons (Fsp3) is 0. The van der Waals surface area contributed by atoms with Crippen molar-refractivity contribution >= 4 is 45.4 Å². The molecule has 0 bridgehead atoms. The summed E-state index contributed by atoms with van der Waals surface area (Å²) in [5.41, 5.74) is 3.22. The van der Waals surface area contributed by atoms with E-state index in [1.165, 1.54) is 0 Å². The van der Waals surface area contributed by atoms with Crippen LogP contribution in [0.15, 0.2) is 109 Å². The molecule has 0 saturated heterocycles. The van der Waals surface area contributed by atoms with E-state index in [1.54, 1.807) is 60.7 Å². The fourth-order valence-corrected chi connectivity index (χ4v) is 5.69. The zero-order chi connectivity index (χ0) is 29.9. The zero-order valence-corrected chi connectivity index (χ0v) is 22.7. The topological polar surface area (TPSA) is 105 Å². The molecule has 2 aliphatic heterocycles. The Morgan fingerprint density at radius 1 is 0.386 bits per heavy atom. The van der Waals surface area contributed by atoms with Crippen molar-refractivity contribution < 1.29 is 38.1 Å². The second-order valence-corrected chi connectivity index (χ2v) is 10.3. The van der Waals surface area contributed by atoms with Crippen LogP contribution in [0.4, 0.5) is 0 Å². The van der Waals surface area contributed by atoms with Crippen LogP contribution in [-0.2, 0) is 9.47 Å². The van der Waals surface area contributed by atoms with Crippen molar-refractivity contribution in [3.63, 3.8) is 0 Å². The first-order chi connectivity index (χ1) is 21.4. The van der Waals surface area contributed by atoms with Crippen molar-refractivity contribution in [2.45, 2.75) is 0 Å². The van der Waals surface area contributed by atoms with Crippen molar-refractivity contribution in [1.82, 2.24) is 0 Å². The van der Waals surface area contributed by atoms with Gasteiger partial charge in [-0.2, -0.15) is 0 Å². The minimum absolute atomic E-state index is 0.328. The summed E-state index contributed by atoms with van der Waals surface area (Å²) < 4.78 is 22.0. The van der Waals surface area contributed by atoms with Gasteiger partial charge >= 0.3 is 23.9 Å². The van der Waals surface area contributed by atoms with Gasteiger partial charge in [0.2, 0.25) is 0 Å². The van der Waals surface area contributed by atoms with Crippen LogP contribution in [0.25, 0.3) is 32.7 Å². The van der Waals surface area contributed by atoms with E-state index in [2.05, 4.69) is 0 Å². The lowest BCUT2D eigenvalue weighted by atomic mass is 9.96. The third-order valence-corrected chi connectivity index (χ3v) is 7.75. The van der Waals surface area contributed by atoms with Gasteiger partial charge in [-0.15, -0.1) is 0 Å². The number of rotatable bonds is 5. The van der Waals surface area contributed by atoms with Gasteiger partial charge < -0.3 is 18.9 Å². The van der Waals surface area contributed by atoms with E-state index < -0.39 is 23.9 Å². The Morgan fingerprint density at radius 2 is 0.750 bits per heavy atom. The first-order valence-corrected chi connectivity index (χ1v) is 13.7. The van der Waals surface area contributed by atoms with E-state index in [0.717, 1.165) is 11.1 Å². The van der Waals surface area contributed by atoms with E-state index in [0.29, 0.717) is 66.8 Å². The van der Waals surface area contributed by atoms with Crippen LogP contribution in [-0.4, -0.2) is 23.9 Å². The molecular formula is C36H18O8. The maximum Gasteiger partial charge on any atom is 0.346 e. The molecule has 0 spiro atoms. The molecule has 44 heavy (non-hydrogen) atoms. The molecule has 8 rings (SSSR count). The zero-order valence-electron chi connectivity index (χ0n) is 22.7. The van der Waals surface area contributed by atoms with Gasteiger partial charge in [0.25, 0.3) is 0 Å². The van der Waals surface area contributed by atoms with Gasteiger partial charge in [-0.1, -0.05) is 48.5 Å². The molecule has 210 valence electrons. The Kier molecular flexibility index (Phi) is 5.57. The number of esters is 4. The normalized spacial score (nSPS) is 13.5. The number of cyclic esters (lactones) is 4. The summed E-state index contributed by atoms with van der Waals surface area (Å²) in [7, 11) is 0. The standard InChI is InChI=1S/C36H18O8/c37-33-25-5-1-3-23-29(17-15-27(31(23)25)35(39)43-33)41-21-11-7-19(8-12-21)20-9-13-22(14-10-20)42-30-18-16-28-32-24(30)4-2-6-26(32)34(38)44-36(28)40/h1-18H. The molecule has 2 aliphatic rings. The molecule has 0 aromatic heterocycles. The third-order valence-electron chi connectivity index (χ3n) is 7.75. The van der Waals surface area contributed by atoms with Crippen molar-refractivity contribution in [2.24, 2.45) is 0 Å². The van der Waals surface area contributed by atoms with Gasteiger partial charge in [0.05, 0.1) is 22.3 Å². The first kappa shape index (κ1) is 25.4. The Bertz CT molecular complexity index is 2030. The van der Waals surface area contributed by atoms with E-state index in [1.807, 2.05) is 48.5 Å². The molecule has 0 saturated carbocycles. The molecule has 2 heterocycles. The lowest BCUT2D eigenvalue weighted by molar-refractivity contribution is 0.0373. The molecule has 0 fully saturated rings. The van der Waals surface area contributed by atoms with Crippen LogP contribution >= 0.6 is 0 Å². The molecule has 8 heteroatoms. The molecular weight excluding hydrogens is 560 g/mol. The maximum atomic E-state index is 12.2. The highest BCUT2D eigenvalue weighted by atomic mass is 16.6. The number of hydrogen-bond donors (Lipinski definition) is 0. The summed E-state index contributed by atoms with van der Waals surface area (Å²) in [4.78, 5) is 48.9. The maximum absolute atomic E-state index is 12.2. The molecule has 6 aromatic rings. The predicted molar refractivity (Wildman–Crippen MR) is 159 cm³/mol. The molecule has 0 atom stereocenters. The largest absolute Gasteiger partial charge is 0.457 e. The molecule has 0 aliphatic carbocycles. The molecule has 6 aromatic carbocycles. The molecule has 0 unspecified atom stereocenters. The number of carbonyl (C=O) groups excluding carboxylic acids is 4. The predicted octanol–water partition coefficient (Wildman–Crippen LogP) is 7.87. The van der Waals surface area contributed by atoms with E-state index in [4.69, 9.17) is 18.9 Å². The van der Waals surface area contributed by atoms with Crippen molar-refractivity contribution in [3.8, 4) is 34.1 Å². The SMILES string of the molecule is O=C1OC(=O)c2ccc(Oc3ccc(-c4ccc(Oc5ccc6c7c(cccc57)C(=O)OC6=O)cc4)cc3)c3cccc1c23. The van der Waals surface area contributed by atoms with Crippen molar-refractivity contribution in [2.75, 3.05) is 0 Å². The minimum atomic E-state index is -0.672. The summed E-state index contributed by atoms with van der Waals surface area (Å²) in [6.07, 6.45) is 0. The number of benzene rings is 6. The van der Waals surface area contributed by atoms with Gasteiger partial charge in [0.15, 0.2) is 0 Å². The minimum Gasteiger partial charge on any atom is -0.457 e. The van der Waals surface area contributed by atoms with Gasteiger partial charge in [-0.05, 0) is 71.8 Å². The summed E-state index contributed by atoms with van der Waals surface area (Å²) in [5, 5.41) is 2.33. The van der Waals surface area contributed by atoms with Crippen LogP contribution in [0, 0.1) is 0 Å². The van der Waals surface area contributed by atoms with Gasteiger partial charge in [-0.3, -0.25) is 0 Å². The Labute approximate surface area is 249 Å². The second kappa shape index (κ2) is 9.64. The highest BCUT2D eigenvalue weighted by Gasteiger charge is 2.29. The van der Waals surface area contributed by atoms with Gasteiger partial charge in [0, 0.05) is 21.5 Å². The van der Waals surface area contributed by atoms with Crippen LogP contribution in [0.1, 0.15) is 41.4 Å². The fourth-order valence-electron chi connectivity index (χ4n) is 5.69. The van der Waals surface area contributed by atoms with E-state index in [-0.39, 0.29) is 0 Å². The van der Waals surface area contributed by atoms with Crippen LogP contribution in [0.2, 0.25) is 0 Å². The Hall–Kier alpha value is -6.28. The Morgan fingerprint density at radius 3 is 1.14 bits per heavy atom. The lowest BCUT2D eigenvalue weighted by Crippen LogP contribution is -2.19. The highest BCUT2D eigenvalue weighted by Crippen LogP contribution is 2.39. The summed E-state index contributed by atoms with van der Waals surface area (Å²) in [5.74, 6) is -0.480. The average Bonchev–Trinajstić information content (AvgIpc) is 3.04. The molecule has 0 amide bonds. The third kappa shape index (κ3) is 4.00. The van der Waals surface area contributed by atoms with Crippen molar-refractivity contribution in [1.29, 1.82) is 0 Å². The lowest BCUT2D eigenvalue weighted by Gasteiger charge is -2.18. The van der Waals surface area contributed by atoms with Crippen LogP contribution < -0.4 is 9.47 Å². The van der Waals surface area contributed by atoms with Gasteiger partial charge in [-0.25, -0.2) is 19.2 Å². The Balaban J connectivity index is 1.03. The summed E-state index contributed by atoms with van der Waals surface area (Å²) >= 11 is 0. The smallest absolute Gasteiger partial charge is 0.346 e. The van der Waals surface area contributed by atoms with Gasteiger partial charge in [0.1, 0.15) is 23.0 Å². The molecule has 8 nitrogen and oxygen atoms in total. The summed E-state index contributed by atoms with van der Waals surface area (Å²) in [6.45, 7) is 0. The summed E-state index contributed by atoms with van der Waals surface area (Å²) in [6, 6.07) is 32.0. The number of ether oxygens (including phenoxy) is 4. The van der Waals surface area contributed by atoms with E-state index >= 15 is 0 Å². The van der Waals surface area contributed by atoms with E-state index in [9.17, 15) is 19.2 Å². The van der Waals surface area contributed by atoms with Crippen LogP contribution in [0.3, 0.4) is 0 Å². The van der Waals surface area contributed by atoms with Crippen LogP contribution in [0.5, 0.6) is 23.0 Å².